The SMILES string of the molecule is CC(C)Nc1cc(-c2cnn(C(=O)NC(CO)c3cccc(Cl)c3)c2)c(Cl)cn1. The molecule has 3 N–H and O–H groups in total. The van der Waals surface area contributed by atoms with Crippen molar-refractivity contribution in [3.05, 3.63) is 64.5 Å². The molecular weight excluding hydrogens is 413 g/mol. The van der Waals surface area contributed by atoms with Gasteiger partial charge in [0.25, 0.3) is 0 Å². The molecule has 9 heteroatoms. The summed E-state index contributed by atoms with van der Waals surface area (Å²) in [5, 5.41) is 20.7. The number of carbonyl (C=O) groups is 1. The Morgan fingerprint density at radius 2 is 2.03 bits per heavy atom. The molecule has 2 heterocycles. The van der Waals surface area contributed by atoms with E-state index >= 15 is 0 Å². The average molecular weight is 434 g/mol. The van der Waals surface area contributed by atoms with Crippen LogP contribution < -0.4 is 10.6 Å². The van der Waals surface area contributed by atoms with Crippen LogP contribution in [0.15, 0.2) is 48.9 Å². The molecule has 152 valence electrons. The smallest absolute Gasteiger partial charge is 0.342 e. The lowest BCUT2D eigenvalue weighted by atomic mass is 10.1. The molecule has 1 amide bonds. The van der Waals surface area contributed by atoms with Crippen LogP contribution in [0.5, 0.6) is 0 Å². The van der Waals surface area contributed by atoms with Crippen LogP contribution in [0.2, 0.25) is 10.0 Å². The van der Waals surface area contributed by atoms with Gasteiger partial charge in [-0.1, -0.05) is 35.3 Å². The summed E-state index contributed by atoms with van der Waals surface area (Å²) < 4.78 is 1.16. The van der Waals surface area contributed by atoms with E-state index in [-0.39, 0.29) is 12.6 Å². The van der Waals surface area contributed by atoms with E-state index in [0.29, 0.717) is 32.6 Å². The number of anilines is 1. The highest BCUT2D eigenvalue weighted by atomic mass is 35.5. The number of nitrogens with zero attached hydrogens (tertiary/aromatic N) is 3. The number of amides is 1. The van der Waals surface area contributed by atoms with Crippen molar-refractivity contribution in [3.8, 4) is 11.1 Å². The molecule has 3 aromatic rings. The summed E-state index contributed by atoms with van der Waals surface area (Å²) >= 11 is 12.3. The molecule has 0 saturated carbocycles. The van der Waals surface area contributed by atoms with E-state index in [9.17, 15) is 9.90 Å². The fraction of sp³-hybridized carbons (Fsp3) is 0.250. The maximum atomic E-state index is 12.6. The zero-order valence-corrected chi connectivity index (χ0v) is 17.4. The van der Waals surface area contributed by atoms with Crippen LogP contribution in [0.4, 0.5) is 10.6 Å². The molecular formula is C20H21Cl2N5O2. The predicted octanol–water partition coefficient (Wildman–Crippen LogP) is 4.36. The van der Waals surface area contributed by atoms with Crippen LogP contribution >= 0.6 is 23.2 Å². The number of rotatable bonds is 6. The summed E-state index contributed by atoms with van der Waals surface area (Å²) in [5.74, 6) is 0.679. The highest BCUT2D eigenvalue weighted by Crippen LogP contribution is 2.29. The molecule has 0 aliphatic heterocycles. The predicted molar refractivity (Wildman–Crippen MR) is 114 cm³/mol. The molecule has 0 radical (unpaired) electrons. The minimum atomic E-state index is -0.611. The summed E-state index contributed by atoms with van der Waals surface area (Å²) in [6.45, 7) is 3.74. The Morgan fingerprint density at radius 1 is 1.24 bits per heavy atom. The van der Waals surface area contributed by atoms with Gasteiger partial charge in [0, 0.05) is 34.6 Å². The van der Waals surface area contributed by atoms with Gasteiger partial charge in [0.15, 0.2) is 0 Å². The van der Waals surface area contributed by atoms with Crippen molar-refractivity contribution in [2.75, 3.05) is 11.9 Å². The number of hydrogen-bond donors (Lipinski definition) is 3. The first-order valence-corrected chi connectivity index (χ1v) is 9.77. The molecule has 1 aromatic carbocycles. The fourth-order valence-electron chi connectivity index (χ4n) is 2.78. The van der Waals surface area contributed by atoms with Crippen LogP contribution in [-0.2, 0) is 0 Å². The summed E-state index contributed by atoms with van der Waals surface area (Å²) in [5.41, 5.74) is 2.07. The number of pyridine rings is 1. The van der Waals surface area contributed by atoms with E-state index in [1.807, 2.05) is 19.9 Å². The fourth-order valence-corrected chi connectivity index (χ4v) is 3.19. The number of aliphatic hydroxyl groups excluding tert-OH is 1. The Labute approximate surface area is 178 Å². The molecule has 3 rings (SSSR count). The van der Waals surface area contributed by atoms with Gasteiger partial charge >= 0.3 is 6.03 Å². The Kier molecular flexibility index (Phi) is 6.74. The highest BCUT2D eigenvalue weighted by Gasteiger charge is 2.17. The summed E-state index contributed by atoms with van der Waals surface area (Å²) in [6.07, 6.45) is 4.68. The van der Waals surface area contributed by atoms with Gasteiger partial charge in [-0.2, -0.15) is 9.78 Å². The number of nitrogens with one attached hydrogen (secondary N) is 2. The van der Waals surface area contributed by atoms with Gasteiger partial charge in [-0.15, -0.1) is 0 Å². The van der Waals surface area contributed by atoms with Crippen LogP contribution in [0.1, 0.15) is 25.5 Å². The van der Waals surface area contributed by atoms with Crippen molar-refractivity contribution in [1.82, 2.24) is 20.1 Å². The first kappa shape index (κ1) is 21.1. The molecule has 0 fully saturated rings. The van der Waals surface area contributed by atoms with Crippen LogP contribution in [-0.4, -0.2) is 38.6 Å². The van der Waals surface area contributed by atoms with Crippen molar-refractivity contribution in [2.24, 2.45) is 0 Å². The number of halogens is 2. The van der Waals surface area contributed by atoms with Crippen molar-refractivity contribution < 1.29 is 9.90 Å². The number of carbonyl (C=O) groups excluding carboxylic acids is 1. The largest absolute Gasteiger partial charge is 0.394 e. The second-order valence-corrected chi connectivity index (χ2v) is 7.61. The Bertz CT molecular complexity index is 1010. The number of aliphatic hydroxyl groups is 1. The highest BCUT2D eigenvalue weighted by molar-refractivity contribution is 6.33. The third kappa shape index (κ3) is 5.26. The van der Waals surface area contributed by atoms with Crippen molar-refractivity contribution >= 4 is 35.1 Å². The lowest BCUT2D eigenvalue weighted by Crippen LogP contribution is -2.34. The van der Waals surface area contributed by atoms with E-state index in [2.05, 4.69) is 20.7 Å². The minimum Gasteiger partial charge on any atom is -0.394 e. The second-order valence-electron chi connectivity index (χ2n) is 6.76. The quantitative estimate of drug-likeness (QED) is 0.536. The molecule has 1 unspecified atom stereocenters. The number of aromatic nitrogens is 3. The van der Waals surface area contributed by atoms with Crippen molar-refractivity contribution in [2.45, 2.75) is 25.9 Å². The first-order valence-electron chi connectivity index (χ1n) is 9.01. The molecule has 0 spiro atoms. The van der Waals surface area contributed by atoms with Gasteiger partial charge in [0.1, 0.15) is 5.82 Å². The monoisotopic (exact) mass is 433 g/mol. The lowest BCUT2D eigenvalue weighted by Gasteiger charge is -2.16. The van der Waals surface area contributed by atoms with Crippen molar-refractivity contribution in [3.63, 3.8) is 0 Å². The number of hydrogen-bond acceptors (Lipinski definition) is 5. The second kappa shape index (κ2) is 9.26. The standard InChI is InChI=1S/C20H21Cl2N5O2/c1-12(2)25-19-7-16(17(22)9-23-19)14-8-24-27(10-14)20(29)26-18(11-28)13-4-3-5-15(21)6-13/h3-10,12,18,28H,11H2,1-2H3,(H,23,25)(H,26,29). The van der Waals surface area contributed by atoms with Crippen LogP contribution in [0.3, 0.4) is 0 Å². The number of benzene rings is 1. The molecule has 0 aliphatic rings. The molecule has 0 saturated heterocycles. The average Bonchev–Trinajstić information content (AvgIpc) is 3.17. The van der Waals surface area contributed by atoms with E-state index in [1.165, 1.54) is 0 Å². The van der Waals surface area contributed by atoms with Gasteiger partial charge in [0.05, 0.1) is 23.9 Å². The van der Waals surface area contributed by atoms with Gasteiger partial charge in [-0.05, 0) is 37.6 Å². The van der Waals surface area contributed by atoms with E-state index in [0.717, 1.165) is 4.68 Å². The molecule has 7 nitrogen and oxygen atoms in total. The van der Waals surface area contributed by atoms with E-state index in [4.69, 9.17) is 23.2 Å². The normalized spacial score (nSPS) is 12.1. The zero-order chi connectivity index (χ0) is 21.0. The first-order chi connectivity index (χ1) is 13.9. The zero-order valence-electron chi connectivity index (χ0n) is 15.9. The topological polar surface area (TPSA) is 92.1 Å². The summed E-state index contributed by atoms with van der Waals surface area (Å²) in [6, 6.07) is 7.88. The van der Waals surface area contributed by atoms with E-state index < -0.39 is 12.1 Å². The van der Waals surface area contributed by atoms with Gasteiger partial charge in [-0.3, -0.25) is 0 Å². The molecule has 0 bridgehead atoms. The molecule has 2 aromatic heterocycles. The van der Waals surface area contributed by atoms with Crippen molar-refractivity contribution in [1.29, 1.82) is 0 Å². The molecule has 29 heavy (non-hydrogen) atoms. The molecule has 1 atom stereocenters. The minimum absolute atomic E-state index is 0.215. The summed E-state index contributed by atoms with van der Waals surface area (Å²) in [7, 11) is 0. The third-order valence-corrected chi connectivity index (χ3v) is 4.66. The maximum absolute atomic E-state index is 12.6. The molecule has 0 aliphatic carbocycles. The summed E-state index contributed by atoms with van der Waals surface area (Å²) in [4.78, 5) is 16.9. The van der Waals surface area contributed by atoms with Gasteiger partial charge < -0.3 is 15.7 Å². The third-order valence-electron chi connectivity index (χ3n) is 4.12. The van der Waals surface area contributed by atoms with Gasteiger partial charge in [0.2, 0.25) is 0 Å². The Morgan fingerprint density at radius 3 is 2.72 bits per heavy atom. The lowest BCUT2D eigenvalue weighted by molar-refractivity contribution is 0.216. The van der Waals surface area contributed by atoms with E-state index in [1.54, 1.807) is 42.9 Å². The van der Waals surface area contributed by atoms with Gasteiger partial charge in [-0.25, -0.2) is 9.78 Å². The Balaban J connectivity index is 1.79. The maximum Gasteiger partial charge on any atom is 0.342 e. The van der Waals surface area contributed by atoms with Crippen LogP contribution in [0, 0.1) is 0 Å². The van der Waals surface area contributed by atoms with Crippen LogP contribution in [0.25, 0.3) is 11.1 Å². The Hall–Kier alpha value is -2.61.